The fourth-order valence-electron chi connectivity index (χ4n) is 2.02. The van der Waals surface area contributed by atoms with Crippen LogP contribution in [0.3, 0.4) is 0 Å². The summed E-state index contributed by atoms with van der Waals surface area (Å²) in [5.74, 6) is 1.50. The lowest BCUT2D eigenvalue weighted by molar-refractivity contribution is 0.807. The third kappa shape index (κ3) is 1.16. The summed E-state index contributed by atoms with van der Waals surface area (Å²) in [7, 11) is 0. The SMILES string of the molecule is Cc1cc([C@@H]2C[C@H]2CN)c(C)[nH]1. The van der Waals surface area contributed by atoms with E-state index in [-0.39, 0.29) is 0 Å². The van der Waals surface area contributed by atoms with Crippen molar-refractivity contribution in [2.45, 2.75) is 26.2 Å². The molecule has 0 aromatic carbocycles. The van der Waals surface area contributed by atoms with E-state index in [9.17, 15) is 0 Å². The van der Waals surface area contributed by atoms with Gasteiger partial charge in [0.1, 0.15) is 0 Å². The molecule has 66 valence electrons. The van der Waals surface area contributed by atoms with Crippen LogP contribution in [0.15, 0.2) is 6.07 Å². The highest BCUT2D eigenvalue weighted by molar-refractivity contribution is 5.32. The predicted molar refractivity (Wildman–Crippen MR) is 50.2 cm³/mol. The number of rotatable bonds is 2. The first-order valence-corrected chi connectivity index (χ1v) is 4.58. The monoisotopic (exact) mass is 164 g/mol. The van der Waals surface area contributed by atoms with Crippen LogP contribution in [0.5, 0.6) is 0 Å². The predicted octanol–water partition coefficient (Wildman–Crippen LogP) is 1.69. The fraction of sp³-hybridized carbons (Fsp3) is 0.600. The van der Waals surface area contributed by atoms with Crippen LogP contribution in [0.4, 0.5) is 0 Å². The minimum Gasteiger partial charge on any atom is -0.362 e. The van der Waals surface area contributed by atoms with Crippen LogP contribution in [0.2, 0.25) is 0 Å². The van der Waals surface area contributed by atoms with Gasteiger partial charge in [0.2, 0.25) is 0 Å². The molecule has 3 N–H and O–H groups in total. The quantitative estimate of drug-likeness (QED) is 0.686. The molecule has 0 radical (unpaired) electrons. The molecule has 1 heterocycles. The molecular weight excluding hydrogens is 148 g/mol. The molecule has 2 rings (SSSR count). The smallest absolute Gasteiger partial charge is 0.0153 e. The molecule has 0 bridgehead atoms. The summed E-state index contributed by atoms with van der Waals surface area (Å²) in [4.78, 5) is 3.33. The highest BCUT2D eigenvalue weighted by Gasteiger charge is 2.38. The van der Waals surface area contributed by atoms with E-state index >= 15 is 0 Å². The zero-order valence-electron chi connectivity index (χ0n) is 7.72. The number of hydrogen-bond donors (Lipinski definition) is 2. The van der Waals surface area contributed by atoms with Crippen LogP contribution in [-0.2, 0) is 0 Å². The molecule has 0 amide bonds. The molecule has 0 unspecified atom stereocenters. The molecule has 1 aliphatic carbocycles. The lowest BCUT2D eigenvalue weighted by Crippen LogP contribution is -2.01. The standard InChI is InChI=1S/C10H16N2/c1-6-3-9(7(2)12-6)10-4-8(10)5-11/h3,8,10,12H,4-5,11H2,1-2H3/t8-,10+/m0/s1. The van der Waals surface area contributed by atoms with Crippen molar-refractivity contribution in [2.24, 2.45) is 11.7 Å². The van der Waals surface area contributed by atoms with Gasteiger partial charge in [0.15, 0.2) is 0 Å². The normalized spacial score (nSPS) is 27.6. The number of aromatic nitrogens is 1. The highest BCUT2D eigenvalue weighted by Crippen LogP contribution is 2.47. The Morgan fingerprint density at radius 2 is 2.33 bits per heavy atom. The van der Waals surface area contributed by atoms with E-state index in [0.717, 1.165) is 18.4 Å². The third-order valence-corrected chi connectivity index (χ3v) is 2.81. The Kier molecular flexibility index (Phi) is 1.72. The lowest BCUT2D eigenvalue weighted by Gasteiger charge is -1.95. The molecule has 2 heteroatoms. The van der Waals surface area contributed by atoms with Crippen LogP contribution in [-0.4, -0.2) is 11.5 Å². The van der Waals surface area contributed by atoms with Crippen LogP contribution in [0.25, 0.3) is 0 Å². The lowest BCUT2D eigenvalue weighted by atomic mass is 10.1. The average molecular weight is 164 g/mol. The minimum atomic E-state index is 0.749. The van der Waals surface area contributed by atoms with Gasteiger partial charge < -0.3 is 10.7 Å². The number of nitrogens with one attached hydrogen (secondary N) is 1. The van der Waals surface area contributed by atoms with Gasteiger partial charge in [-0.1, -0.05) is 0 Å². The van der Waals surface area contributed by atoms with Gasteiger partial charge in [-0.25, -0.2) is 0 Å². The van der Waals surface area contributed by atoms with E-state index in [1.54, 1.807) is 0 Å². The molecule has 0 saturated heterocycles. The van der Waals surface area contributed by atoms with Crippen molar-refractivity contribution < 1.29 is 0 Å². The average Bonchev–Trinajstić information content (AvgIpc) is 2.72. The summed E-state index contributed by atoms with van der Waals surface area (Å²) in [6.45, 7) is 5.10. The van der Waals surface area contributed by atoms with Gasteiger partial charge in [-0.2, -0.15) is 0 Å². The van der Waals surface area contributed by atoms with E-state index in [4.69, 9.17) is 5.73 Å². The molecule has 1 fully saturated rings. The summed E-state index contributed by atoms with van der Waals surface area (Å²) in [6, 6.07) is 2.26. The second-order valence-electron chi connectivity index (χ2n) is 3.87. The Hall–Kier alpha value is -0.760. The van der Waals surface area contributed by atoms with Crippen LogP contribution >= 0.6 is 0 Å². The number of aryl methyl sites for hydroxylation is 2. The van der Waals surface area contributed by atoms with Gasteiger partial charge in [-0.05, 0) is 50.3 Å². The molecule has 1 saturated carbocycles. The zero-order valence-corrected chi connectivity index (χ0v) is 7.72. The van der Waals surface area contributed by atoms with Gasteiger partial charge >= 0.3 is 0 Å². The largest absolute Gasteiger partial charge is 0.362 e. The van der Waals surface area contributed by atoms with Crippen molar-refractivity contribution in [3.63, 3.8) is 0 Å². The van der Waals surface area contributed by atoms with Crippen LogP contribution < -0.4 is 5.73 Å². The van der Waals surface area contributed by atoms with E-state index in [1.165, 1.54) is 23.4 Å². The summed E-state index contributed by atoms with van der Waals surface area (Å²) in [5.41, 5.74) is 9.69. The molecule has 2 nitrogen and oxygen atoms in total. The van der Waals surface area contributed by atoms with E-state index < -0.39 is 0 Å². The van der Waals surface area contributed by atoms with E-state index in [0.29, 0.717) is 0 Å². The van der Waals surface area contributed by atoms with Crippen LogP contribution in [0, 0.1) is 19.8 Å². The van der Waals surface area contributed by atoms with Crippen molar-refractivity contribution in [3.8, 4) is 0 Å². The van der Waals surface area contributed by atoms with Crippen molar-refractivity contribution in [2.75, 3.05) is 6.54 Å². The Morgan fingerprint density at radius 3 is 2.75 bits per heavy atom. The molecular formula is C10H16N2. The molecule has 0 aliphatic heterocycles. The summed E-state index contributed by atoms with van der Waals surface area (Å²) >= 11 is 0. The summed E-state index contributed by atoms with van der Waals surface area (Å²) in [6.07, 6.45) is 1.29. The molecule has 1 aliphatic rings. The molecule has 0 spiro atoms. The topological polar surface area (TPSA) is 41.8 Å². The summed E-state index contributed by atoms with van der Waals surface area (Å²) in [5, 5.41) is 0. The second kappa shape index (κ2) is 2.63. The second-order valence-corrected chi connectivity index (χ2v) is 3.87. The maximum absolute atomic E-state index is 5.61. The maximum atomic E-state index is 5.61. The van der Waals surface area contributed by atoms with Gasteiger partial charge in [-0.15, -0.1) is 0 Å². The first-order valence-electron chi connectivity index (χ1n) is 4.58. The molecule has 2 atom stereocenters. The Morgan fingerprint density at radius 1 is 1.58 bits per heavy atom. The molecule has 1 aromatic rings. The van der Waals surface area contributed by atoms with Crippen molar-refractivity contribution in [3.05, 3.63) is 23.0 Å². The van der Waals surface area contributed by atoms with E-state index in [1.807, 2.05) is 0 Å². The highest BCUT2D eigenvalue weighted by atomic mass is 14.7. The molecule has 1 aromatic heterocycles. The summed E-state index contributed by atoms with van der Waals surface area (Å²) < 4.78 is 0. The van der Waals surface area contributed by atoms with Gasteiger partial charge in [0.25, 0.3) is 0 Å². The fourth-order valence-corrected chi connectivity index (χ4v) is 2.02. The molecule has 12 heavy (non-hydrogen) atoms. The first-order chi connectivity index (χ1) is 5.72. The number of nitrogens with two attached hydrogens (primary N) is 1. The van der Waals surface area contributed by atoms with Crippen molar-refractivity contribution in [1.82, 2.24) is 4.98 Å². The zero-order chi connectivity index (χ0) is 8.72. The Balaban J connectivity index is 2.19. The van der Waals surface area contributed by atoms with Gasteiger partial charge in [-0.3, -0.25) is 0 Å². The number of H-pyrrole nitrogens is 1. The van der Waals surface area contributed by atoms with Gasteiger partial charge in [0, 0.05) is 11.4 Å². The number of hydrogen-bond acceptors (Lipinski definition) is 1. The first kappa shape index (κ1) is 7.87. The number of aromatic amines is 1. The Labute approximate surface area is 73.2 Å². The van der Waals surface area contributed by atoms with E-state index in [2.05, 4.69) is 24.9 Å². The van der Waals surface area contributed by atoms with Gasteiger partial charge in [0.05, 0.1) is 0 Å². The maximum Gasteiger partial charge on any atom is 0.0153 e. The Bertz CT molecular complexity index is 288. The van der Waals surface area contributed by atoms with Crippen LogP contribution in [0.1, 0.15) is 29.3 Å². The van der Waals surface area contributed by atoms with Crippen molar-refractivity contribution in [1.29, 1.82) is 0 Å². The third-order valence-electron chi connectivity index (χ3n) is 2.81. The minimum absolute atomic E-state index is 0.749. The van der Waals surface area contributed by atoms with Crippen molar-refractivity contribution >= 4 is 0 Å².